The van der Waals surface area contributed by atoms with Gasteiger partial charge in [0.05, 0.1) is 0 Å². The zero-order valence-corrected chi connectivity index (χ0v) is 18.0. The van der Waals surface area contributed by atoms with Gasteiger partial charge in [-0.05, 0) is 0 Å². The minimum atomic E-state index is -3.61. The number of ether oxygens (including phenoxy) is 1. The molecule has 0 spiro atoms. The van der Waals surface area contributed by atoms with Gasteiger partial charge in [-0.25, -0.2) is 0 Å². The summed E-state index contributed by atoms with van der Waals surface area (Å²) >= 11 is 0.0363. The first-order valence-electron chi connectivity index (χ1n) is 9.05. The third-order valence-corrected chi connectivity index (χ3v) is 9.02. The summed E-state index contributed by atoms with van der Waals surface area (Å²) < 4.78 is 35.6. The van der Waals surface area contributed by atoms with Crippen LogP contribution in [-0.4, -0.2) is 51.9 Å². The zero-order valence-electron chi connectivity index (χ0n) is 15.5. The van der Waals surface area contributed by atoms with Crippen LogP contribution in [0.2, 0.25) is 0 Å². The van der Waals surface area contributed by atoms with Crippen LogP contribution in [0.15, 0.2) is 72.1 Å². The van der Waals surface area contributed by atoms with Crippen molar-refractivity contribution < 1.29 is 13.2 Å². The van der Waals surface area contributed by atoms with Crippen molar-refractivity contribution in [2.45, 2.75) is 35.7 Å². The van der Waals surface area contributed by atoms with E-state index in [0.29, 0.717) is 11.5 Å². The molecule has 144 valence electrons. The van der Waals surface area contributed by atoms with Gasteiger partial charge in [-0.3, -0.25) is 0 Å². The molecule has 1 saturated heterocycles. The van der Waals surface area contributed by atoms with Gasteiger partial charge in [0.1, 0.15) is 0 Å². The maximum atomic E-state index is 13.4. The van der Waals surface area contributed by atoms with Crippen molar-refractivity contribution in [3.63, 3.8) is 0 Å². The van der Waals surface area contributed by atoms with Crippen LogP contribution < -0.4 is 4.46 Å². The average Bonchev–Trinajstić information content (AvgIpc) is 2.68. The van der Waals surface area contributed by atoms with Crippen LogP contribution in [0.4, 0.5) is 0 Å². The second-order valence-electron chi connectivity index (χ2n) is 6.56. The average molecular weight is 450 g/mol. The third-order valence-electron chi connectivity index (χ3n) is 4.54. The summed E-state index contributed by atoms with van der Waals surface area (Å²) in [7, 11) is -3.61. The first-order valence-corrected chi connectivity index (χ1v) is 12.3. The van der Waals surface area contributed by atoms with Crippen molar-refractivity contribution in [3.05, 3.63) is 72.8 Å². The Bertz CT molecular complexity index is 853. The minimum absolute atomic E-state index is 0.0363. The summed E-state index contributed by atoms with van der Waals surface area (Å²) in [4.78, 5) is 0.325. The van der Waals surface area contributed by atoms with Gasteiger partial charge < -0.3 is 0 Å². The number of rotatable bonds is 7. The zero-order chi connectivity index (χ0) is 19.3. The molecule has 0 aliphatic carbocycles. The van der Waals surface area contributed by atoms with Crippen molar-refractivity contribution in [2.24, 2.45) is 0 Å². The molecule has 2 aromatic carbocycles. The number of hydrogen-bond donors (Lipinski definition) is 0. The quantitative estimate of drug-likeness (QED) is 0.482. The van der Waals surface area contributed by atoms with Gasteiger partial charge in [-0.2, -0.15) is 0 Å². The molecule has 3 rings (SSSR count). The van der Waals surface area contributed by atoms with Crippen molar-refractivity contribution in [3.8, 4) is 0 Å². The fraction of sp³-hybridized carbons (Fsp3) is 0.333. The predicted molar refractivity (Wildman–Crippen MR) is 110 cm³/mol. The molecule has 1 heterocycles. The van der Waals surface area contributed by atoms with E-state index in [9.17, 15) is 8.42 Å². The molecule has 0 N–H and O–H groups in total. The normalized spacial score (nSPS) is 20.5. The van der Waals surface area contributed by atoms with Gasteiger partial charge in [0, 0.05) is 0 Å². The monoisotopic (exact) mass is 451 g/mol. The second-order valence-corrected chi connectivity index (χ2v) is 10.9. The molecule has 0 saturated carbocycles. The number of nitrogens with zero attached hydrogens (tertiary/aromatic N) is 1. The van der Waals surface area contributed by atoms with Gasteiger partial charge in [0.2, 0.25) is 0 Å². The first-order chi connectivity index (χ1) is 13.0. The number of sulfonamides is 1. The van der Waals surface area contributed by atoms with E-state index >= 15 is 0 Å². The molecule has 4 nitrogen and oxygen atoms in total. The van der Waals surface area contributed by atoms with Crippen LogP contribution in [0.1, 0.15) is 18.4 Å². The third kappa shape index (κ3) is 4.89. The standard InChI is InChI=1S/C21H25NO3SSe/c1-3-15-22(26(23,24)18-13-11-17(2)12-14-18)20-10-7-16-25-21(20)27-19-8-5-4-6-9-19/h3-6,8-9,11-14,20-21H,1,7,10,15-16H2,2H3. The molecular weight excluding hydrogens is 425 g/mol. The Morgan fingerprint density at radius 1 is 1.19 bits per heavy atom. The Balaban J connectivity index is 1.91. The SMILES string of the molecule is C=CCN(C1CCCOC1[Se]c1ccccc1)S(=O)(=O)c1ccc(C)cc1. The van der Waals surface area contributed by atoms with E-state index in [0.717, 1.165) is 18.4 Å². The predicted octanol–water partition coefficient (Wildman–Crippen LogP) is 2.71. The molecule has 1 aliphatic heterocycles. The van der Waals surface area contributed by atoms with Gasteiger partial charge >= 0.3 is 169 Å². The second kappa shape index (κ2) is 9.18. The number of benzene rings is 2. The van der Waals surface area contributed by atoms with E-state index in [1.807, 2.05) is 37.3 Å². The van der Waals surface area contributed by atoms with Crippen molar-refractivity contribution in [1.82, 2.24) is 4.31 Å². The van der Waals surface area contributed by atoms with E-state index in [1.165, 1.54) is 4.46 Å². The van der Waals surface area contributed by atoms with Crippen molar-refractivity contribution in [1.29, 1.82) is 0 Å². The molecule has 2 unspecified atom stereocenters. The van der Waals surface area contributed by atoms with E-state index in [1.54, 1.807) is 22.5 Å². The topological polar surface area (TPSA) is 46.6 Å². The Hall–Kier alpha value is -1.43. The molecule has 1 aliphatic rings. The summed E-state index contributed by atoms with van der Waals surface area (Å²) in [6.07, 6.45) is 3.33. The summed E-state index contributed by atoms with van der Waals surface area (Å²) in [6.45, 7) is 6.70. The molecule has 0 bridgehead atoms. The first kappa shape index (κ1) is 20.3. The Morgan fingerprint density at radius 3 is 2.56 bits per heavy atom. The Morgan fingerprint density at radius 2 is 1.89 bits per heavy atom. The molecule has 2 aromatic rings. The summed E-state index contributed by atoms with van der Waals surface area (Å²) in [5.74, 6) is 0. The number of hydrogen-bond acceptors (Lipinski definition) is 3. The molecule has 1 fully saturated rings. The van der Waals surface area contributed by atoms with Gasteiger partial charge in [0.15, 0.2) is 0 Å². The maximum absolute atomic E-state index is 13.4. The molecule has 0 aromatic heterocycles. The summed E-state index contributed by atoms with van der Waals surface area (Å²) in [6, 6.07) is 17.0. The summed E-state index contributed by atoms with van der Waals surface area (Å²) in [5, 5.41) is -0.103. The molecule has 2 atom stereocenters. The summed E-state index contributed by atoms with van der Waals surface area (Å²) in [5.41, 5.74) is 1.04. The van der Waals surface area contributed by atoms with Crippen LogP contribution in [-0.2, 0) is 14.8 Å². The van der Waals surface area contributed by atoms with E-state index in [-0.39, 0.29) is 32.5 Å². The van der Waals surface area contributed by atoms with E-state index < -0.39 is 10.0 Å². The Labute approximate surface area is 168 Å². The fourth-order valence-corrected chi connectivity index (χ4v) is 7.44. The number of aryl methyl sites for hydroxylation is 1. The van der Waals surface area contributed by atoms with Crippen molar-refractivity contribution >= 4 is 29.4 Å². The van der Waals surface area contributed by atoms with Crippen LogP contribution in [0.5, 0.6) is 0 Å². The van der Waals surface area contributed by atoms with Crippen LogP contribution in [0, 0.1) is 6.92 Å². The molecule has 6 heteroatoms. The van der Waals surface area contributed by atoms with Crippen LogP contribution in [0.3, 0.4) is 0 Å². The molecule has 27 heavy (non-hydrogen) atoms. The van der Waals surface area contributed by atoms with Gasteiger partial charge in [-0.15, -0.1) is 0 Å². The Kier molecular flexibility index (Phi) is 6.90. The van der Waals surface area contributed by atoms with E-state index in [2.05, 4.69) is 18.7 Å². The van der Waals surface area contributed by atoms with Gasteiger partial charge in [-0.1, -0.05) is 0 Å². The molecule has 0 amide bonds. The fourth-order valence-electron chi connectivity index (χ4n) is 3.15. The molecular formula is C21H25NO3SSe. The van der Waals surface area contributed by atoms with Crippen molar-refractivity contribution in [2.75, 3.05) is 13.2 Å². The van der Waals surface area contributed by atoms with Crippen LogP contribution in [0.25, 0.3) is 0 Å². The van der Waals surface area contributed by atoms with Crippen LogP contribution >= 0.6 is 0 Å². The molecule has 0 radical (unpaired) electrons. The van der Waals surface area contributed by atoms with E-state index in [4.69, 9.17) is 4.74 Å². The van der Waals surface area contributed by atoms with Gasteiger partial charge in [0.25, 0.3) is 0 Å².